The van der Waals surface area contributed by atoms with Crippen LogP contribution in [-0.4, -0.2) is 40.4 Å². The number of sulfonamides is 1. The number of anilines is 1. The molecule has 0 amide bonds. The number of rotatable bonds is 6. The minimum atomic E-state index is -3.58. The molecule has 1 heterocycles. The van der Waals surface area contributed by atoms with Crippen molar-refractivity contribution < 1.29 is 17.9 Å². The zero-order chi connectivity index (χ0) is 21.2. The number of aliphatic imine (C=N–C) groups is 1. The standard InChI is InChI=1S/C21H23N3O4S/c1-14(2)23-29(26,27)18-11-7-16(8-12-18)20-22-19(21(25)28-20)13-15-5-9-17(10-6-15)24(3)4/h5-14,23H,1-4H3/b19-13-. The summed E-state index contributed by atoms with van der Waals surface area (Å²) < 4.78 is 32.2. The van der Waals surface area contributed by atoms with Gasteiger partial charge in [0.2, 0.25) is 15.9 Å². The first kappa shape index (κ1) is 20.8. The fourth-order valence-corrected chi connectivity index (χ4v) is 3.97. The van der Waals surface area contributed by atoms with Gasteiger partial charge in [0.05, 0.1) is 4.90 Å². The van der Waals surface area contributed by atoms with E-state index in [9.17, 15) is 13.2 Å². The van der Waals surface area contributed by atoms with Gasteiger partial charge in [0.15, 0.2) is 5.70 Å². The lowest BCUT2D eigenvalue weighted by Gasteiger charge is -2.11. The summed E-state index contributed by atoms with van der Waals surface area (Å²) in [5, 5.41) is 0. The molecule has 1 N–H and O–H groups in total. The van der Waals surface area contributed by atoms with Crippen molar-refractivity contribution in [1.29, 1.82) is 0 Å². The summed E-state index contributed by atoms with van der Waals surface area (Å²) in [6, 6.07) is 13.5. The lowest BCUT2D eigenvalue weighted by Crippen LogP contribution is -2.30. The largest absolute Gasteiger partial charge is 0.402 e. The third-order valence-electron chi connectivity index (χ3n) is 4.14. The maximum Gasteiger partial charge on any atom is 0.363 e. The molecule has 0 atom stereocenters. The molecule has 1 aliphatic rings. The molecule has 0 fully saturated rings. The molecule has 0 saturated carbocycles. The van der Waals surface area contributed by atoms with Crippen LogP contribution in [-0.2, 0) is 19.6 Å². The molecule has 8 heteroatoms. The van der Waals surface area contributed by atoms with Gasteiger partial charge in [-0.2, -0.15) is 0 Å². The van der Waals surface area contributed by atoms with E-state index in [1.165, 1.54) is 12.1 Å². The predicted molar refractivity (Wildman–Crippen MR) is 113 cm³/mol. The van der Waals surface area contributed by atoms with Gasteiger partial charge in [-0.15, -0.1) is 0 Å². The minimum Gasteiger partial charge on any atom is -0.402 e. The topological polar surface area (TPSA) is 88.1 Å². The van der Waals surface area contributed by atoms with Crippen molar-refractivity contribution in [2.24, 2.45) is 4.99 Å². The smallest absolute Gasteiger partial charge is 0.363 e. The Balaban J connectivity index is 1.82. The van der Waals surface area contributed by atoms with E-state index in [2.05, 4.69) is 9.71 Å². The van der Waals surface area contributed by atoms with Crippen LogP contribution in [0.5, 0.6) is 0 Å². The Morgan fingerprint density at radius 1 is 1.03 bits per heavy atom. The van der Waals surface area contributed by atoms with E-state index in [1.807, 2.05) is 43.3 Å². The first-order chi connectivity index (χ1) is 13.7. The molecule has 3 rings (SSSR count). The number of hydrogen-bond donors (Lipinski definition) is 1. The van der Waals surface area contributed by atoms with E-state index >= 15 is 0 Å². The first-order valence-electron chi connectivity index (χ1n) is 9.08. The molecule has 0 unspecified atom stereocenters. The second kappa shape index (κ2) is 8.18. The molecular formula is C21H23N3O4S. The molecule has 0 bridgehead atoms. The average molecular weight is 413 g/mol. The van der Waals surface area contributed by atoms with Crippen LogP contribution < -0.4 is 9.62 Å². The highest BCUT2D eigenvalue weighted by atomic mass is 32.2. The lowest BCUT2D eigenvalue weighted by molar-refractivity contribution is -0.129. The second-order valence-electron chi connectivity index (χ2n) is 7.12. The summed E-state index contributed by atoms with van der Waals surface area (Å²) in [6.07, 6.45) is 1.65. The van der Waals surface area contributed by atoms with Gasteiger partial charge < -0.3 is 9.64 Å². The van der Waals surface area contributed by atoms with Gasteiger partial charge in [-0.1, -0.05) is 12.1 Å². The molecule has 0 radical (unpaired) electrons. The fraction of sp³-hybridized carbons (Fsp3) is 0.238. The third kappa shape index (κ3) is 4.90. The van der Waals surface area contributed by atoms with Crippen LogP contribution in [0, 0.1) is 0 Å². The van der Waals surface area contributed by atoms with Crippen molar-refractivity contribution in [3.63, 3.8) is 0 Å². The van der Waals surface area contributed by atoms with Crippen LogP contribution in [0.25, 0.3) is 6.08 Å². The normalized spacial score (nSPS) is 15.6. The van der Waals surface area contributed by atoms with Crippen LogP contribution >= 0.6 is 0 Å². The van der Waals surface area contributed by atoms with E-state index in [4.69, 9.17) is 4.74 Å². The van der Waals surface area contributed by atoms with Gasteiger partial charge in [0.25, 0.3) is 0 Å². The Morgan fingerprint density at radius 2 is 1.66 bits per heavy atom. The number of nitrogens with one attached hydrogen (secondary N) is 1. The van der Waals surface area contributed by atoms with Gasteiger partial charge >= 0.3 is 5.97 Å². The lowest BCUT2D eigenvalue weighted by atomic mass is 10.1. The molecule has 0 aromatic heterocycles. The first-order valence-corrected chi connectivity index (χ1v) is 10.6. The SMILES string of the molecule is CC(C)NS(=O)(=O)c1ccc(C2=N/C(=C\c3ccc(N(C)C)cc3)C(=O)O2)cc1. The van der Waals surface area contributed by atoms with Crippen molar-refractivity contribution in [2.45, 2.75) is 24.8 Å². The molecule has 7 nitrogen and oxygen atoms in total. The molecule has 0 spiro atoms. The molecule has 0 saturated heterocycles. The number of nitrogens with zero attached hydrogens (tertiary/aromatic N) is 2. The van der Waals surface area contributed by atoms with Crippen LogP contribution in [0.2, 0.25) is 0 Å². The number of cyclic esters (lactones) is 1. The Labute approximate surface area is 170 Å². The zero-order valence-corrected chi connectivity index (χ0v) is 17.5. The zero-order valence-electron chi connectivity index (χ0n) is 16.7. The van der Waals surface area contributed by atoms with Crippen LogP contribution in [0.1, 0.15) is 25.0 Å². The second-order valence-corrected chi connectivity index (χ2v) is 8.84. The summed E-state index contributed by atoms with van der Waals surface area (Å²) in [5.74, 6) is -0.401. The van der Waals surface area contributed by atoms with Crippen molar-refractivity contribution in [1.82, 2.24) is 4.72 Å². The molecule has 0 aliphatic carbocycles. The third-order valence-corrected chi connectivity index (χ3v) is 5.81. The predicted octanol–water partition coefficient (Wildman–Crippen LogP) is 2.78. The number of hydrogen-bond acceptors (Lipinski definition) is 6. The fourth-order valence-electron chi connectivity index (χ4n) is 2.71. The molecular weight excluding hydrogens is 390 g/mol. The molecule has 2 aromatic carbocycles. The molecule has 152 valence electrons. The molecule has 2 aromatic rings. The van der Waals surface area contributed by atoms with Crippen LogP contribution in [0.3, 0.4) is 0 Å². The summed E-state index contributed by atoms with van der Waals surface area (Å²) in [4.78, 5) is 18.5. The molecule has 1 aliphatic heterocycles. The summed E-state index contributed by atoms with van der Waals surface area (Å²) in [7, 11) is 0.320. The minimum absolute atomic E-state index is 0.136. The Hall–Kier alpha value is -2.97. The van der Waals surface area contributed by atoms with Gasteiger partial charge in [-0.05, 0) is 61.9 Å². The monoisotopic (exact) mass is 413 g/mol. The summed E-state index contributed by atoms with van der Waals surface area (Å²) >= 11 is 0. The number of benzene rings is 2. The van der Waals surface area contributed by atoms with Gasteiger partial charge in [0, 0.05) is 31.4 Å². The highest BCUT2D eigenvalue weighted by Crippen LogP contribution is 2.21. The van der Waals surface area contributed by atoms with Crippen molar-refractivity contribution >= 4 is 33.7 Å². The summed E-state index contributed by atoms with van der Waals surface area (Å²) in [5.41, 5.74) is 2.59. The van der Waals surface area contributed by atoms with E-state index in [1.54, 1.807) is 32.1 Å². The van der Waals surface area contributed by atoms with Gasteiger partial charge in [-0.3, -0.25) is 0 Å². The maximum atomic E-state index is 12.2. The maximum absolute atomic E-state index is 12.2. The highest BCUT2D eigenvalue weighted by molar-refractivity contribution is 7.89. The Bertz CT molecular complexity index is 1070. The Morgan fingerprint density at radius 3 is 2.21 bits per heavy atom. The highest BCUT2D eigenvalue weighted by Gasteiger charge is 2.24. The number of ether oxygens (including phenoxy) is 1. The van der Waals surface area contributed by atoms with Crippen molar-refractivity contribution in [3.05, 3.63) is 65.4 Å². The Kier molecular flexibility index (Phi) is 5.86. The van der Waals surface area contributed by atoms with E-state index < -0.39 is 16.0 Å². The van der Waals surface area contributed by atoms with Crippen molar-refractivity contribution in [3.8, 4) is 0 Å². The average Bonchev–Trinajstić information content (AvgIpc) is 3.02. The quantitative estimate of drug-likeness (QED) is 0.581. The van der Waals surface area contributed by atoms with Crippen LogP contribution in [0.15, 0.2) is 64.1 Å². The van der Waals surface area contributed by atoms with Gasteiger partial charge in [0.1, 0.15) is 0 Å². The van der Waals surface area contributed by atoms with E-state index in [0.29, 0.717) is 5.56 Å². The number of carbonyl (C=O) groups is 1. The van der Waals surface area contributed by atoms with Crippen LogP contribution in [0.4, 0.5) is 5.69 Å². The molecule has 29 heavy (non-hydrogen) atoms. The number of esters is 1. The number of carbonyl (C=O) groups excluding carboxylic acids is 1. The summed E-state index contributed by atoms with van der Waals surface area (Å²) in [6.45, 7) is 3.50. The van der Waals surface area contributed by atoms with E-state index in [0.717, 1.165) is 11.3 Å². The van der Waals surface area contributed by atoms with E-state index in [-0.39, 0.29) is 22.5 Å². The van der Waals surface area contributed by atoms with Crippen molar-refractivity contribution in [2.75, 3.05) is 19.0 Å². The van der Waals surface area contributed by atoms with Gasteiger partial charge in [-0.25, -0.2) is 22.9 Å².